The third-order valence-corrected chi connectivity index (χ3v) is 3.27. The quantitative estimate of drug-likeness (QED) is 0.744. The van der Waals surface area contributed by atoms with E-state index < -0.39 is 5.60 Å². The first-order valence-corrected chi connectivity index (χ1v) is 6.64. The number of nitrogens with one attached hydrogen (secondary N) is 1. The van der Waals surface area contributed by atoms with E-state index >= 15 is 0 Å². The van der Waals surface area contributed by atoms with Crippen molar-refractivity contribution in [2.75, 3.05) is 32.8 Å². The van der Waals surface area contributed by atoms with Crippen LogP contribution in [0.5, 0.6) is 5.75 Å². The minimum absolute atomic E-state index is 0.157. The summed E-state index contributed by atoms with van der Waals surface area (Å²) in [6.45, 7) is 4.72. The highest BCUT2D eigenvalue weighted by molar-refractivity contribution is 5.97. The number of benzene rings is 1. The van der Waals surface area contributed by atoms with E-state index in [0.717, 1.165) is 5.75 Å². The molecule has 1 amide bonds. The molecule has 20 heavy (non-hydrogen) atoms. The molecule has 1 aromatic rings. The van der Waals surface area contributed by atoms with Gasteiger partial charge < -0.3 is 19.5 Å². The smallest absolute Gasteiger partial charge is 0.256 e. The van der Waals surface area contributed by atoms with Crippen molar-refractivity contribution in [2.24, 2.45) is 0 Å². The van der Waals surface area contributed by atoms with Crippen molar-refractivity contribution in [3.05, 3.63) is 24.3 Å². The third kappa shape index (κ3) is 4.51. The lowest BCUT2D eigenvalue weighted by Gasteiger charge is -2.25. The minimum atomic E-state index is -0.812. The molecule has 112 valence electrons. The summed E-state index contributed by atoms with van der Waals surface area (Å²) in [7, 11) is 3.17. The molecule has 0 aromatic heterocycles. The summed E-state index contributed by atoms with van der Waals surface area (Å²) in [4.78, 5) is 12.1. The van der Waals surface area contributed by atoms with Crippen LogP contribution in [0.4, 0.5) is 5.69 Å². The molecule has 0 saturated heterocycles. The van der Waals surface area contributed by atoms with Gasteiger partial charge in [0.1, 0.15) is 18.0 Å². The highest BCUT2D eigenvalue weighted by Gasteiger charge is 2.30. The zero-order chi connectivity index (χ0) is 15.0. The summed E-state index contributed by atoms with van der Waals surface area (Å²) in [6, 6.07) is 7.21. The van der Waals surface area contributed by atoms with Gasteiger partial charge in [0.25, 0.3) is 5.91 Å². The Morgan fingerprint density at radius 3 is 2.35 bits per heavy atom. The first kappa shape index (κ1) is 16.5. The molecule has 5 nitrogen and oxygen atoms in total. The Kier molecular flexibility index (Phi) is 6.48. The molecule has 0 unspecified atom stereocenters. The topological polar surface area (TPSA) is 56.8 Å². The van der Waals surface area contributed by atoms with Crippen LogP contribution >= 0.6 is 0 Å². The van der Waals surface area contributed by atoms with Gasteiger partial charge in [-0.05, 0) is 37.6 Å². The number of ether oxygens (including phenoxy) is 3. The zero-order valence-electron chi connectivity index (χ0n) is 12.6. The molecule has 1 aromatic carbocycles. The summed E-state index contributed by atoms with van der Waals surface area (Å²) >= 11 is 0. The standard InChI is InChI=1S/C15H23NO4/c1-5-15(2,19-4)14(17)16-12-6-8-13(9-7-12)20-11-10-18-3/h6-9H,5,10-11H2,1-4H3,(H,16,17)/t15-/m1/s1. The summed E-state index contributed by atoms with van der Waals surface area (Å²) in [6.07, 6.45) is 0.605. The average molecular weight is 281 g/mol. The molecule has 1 atom stereocenters. The first-order chi connectivity index (χ1) is 9.55. The summed E-state index contributed by atoms with van der Waals surface area (Å²) < 4.78 is 15.6. The van der Waals surface area contributed by atoms with Crippen LogP contribution in [0.2, 0.25) is 0 Å². The van der Waals surface area contributed by atoms with Gasteiger partial charge in [-0.25, -0.2) is 0 Å². The Bertz CT molecular complexity index is 412. The molecule has 0 aliphatic carbocycles. The Morgan fingerprint density at radius 1 is 1.20 bits per heavy atom. The van der Waals surface area contributed by atoms with Gasteiger partial charge in [-0.15, -0.1) is 0 Å². The van der Waals surface area contributed by atoms with E-state index in [-0.39, 0.29) is 5.91 Å². The van der Waals surface area contributed by atoms with Gasteiger partial charge in [0.05, 0.1) is 6.61 Å². The molecular formula is C15H23NO4. The highest BCUT2D eigenvalue weighted by atomic mass is 16.5. The van der Waals surface area contributed by atoms with Gasteiger partial charge in [0, 0.05) is 19.9 Å². The Balaban J connectivity index is 2.59. The van der Waals surface area contributed by atoms with E-state index in [9.17, 15) is 4.79 Å². The van der Waals surface area contributed by atoms with E-state index in [1.165, 1.54) is 7.11 Å². The maximum atomic E-state index is 12.1. The second-order valence-corrected chi connectivity index (χ2v) is 4.61. The number of anilines is 1. The van der Waals surface area contributed by atoms with E-state index in [1.807, 2.05) is 6.92 Å². The number of hydrogen-bond acceptors (Lipinski definition) is 4. The Labute approximate surface area is 120 Å². The molecule has 0 spiro atoms. The maximum Gasteiger partial charge on any atom is 0.256 e. The molecule has 0 bridgehead atoms. The predicted molar refractivity (Wildman–Crippen MR) is 78.1 cm³/mol. The molecule has 0 aliphatic rings. The van der Waals surface area contributed by atoms with E-state index in [0.29, 0.717) is 25.3 Å². The normalized spacial score (nSPS) is 13.6. The zero-order valence-corrected chi connectivity index (χ0v) is 12.6. The number of amides is 1. The molecule has 1 rings (SSSR count). The predicted octanol–water partition coefficient (Wildman–Crippen LogP) is 2.47. The van der Waals surface area contributed by atoms with Gasteiger partial charge >= 0.3 is 0 Å². The molecule has 0 heterocycles. The Morgan fingerprint density at radius 2 is 1.85 bits per heavy atom. The van der Waals surface area contributed by atoms with E-state index in [4.69, 9.17) is 14.2 Å². The van der Waals surface area contributed by atoms with Crippen molar-refractivity contribution in [3.8, 4) is 5.75 Å². The van der Waals surface area contributed by atoms with E-state index in [2.05, 4.69) is 5.32 Å². The number of hydrogen-bond donors (Lipinski definition) is 1. The fraction of sp³-hybridized carbons (Fsp3) is 0.533. The summed E-state index contributed by atoms with van der Waals surface area (Å²) in [5, 5.41) is 2.83. The fourth-order valence-corrected chi connectivity index (χ4v) is 1.54. The van der Waals surface area contributed by atoms with Crippen LogP contribution in [-0.2, 0) is 14.3 Å². The van der Waals surface area contributed by atoms with E-state index in [1.54, 1.807) is 38.3 Å². The van der Waals surface area contributed by atoms with Gasteiger partial charge in [-0.2, -0.15) is 0 Å². The molecule has 0 saturated carbocycles. The lowest BCUT2D eigenvalue weighted by molar-refractivity contribution is -0.136. The van der Waals surface area contributed by atoms with Crippen molar-refractivity contribution in [1.82, 2.24) is 0 Å². The van der Waals surface area contributed by atoms with Crippen LogP contribution in [0, 0.1) is 0 Å². The fourth-order valence-electron chi connectivity index (χ4n) is 1.54. The van der Waals surface area contributed by atoms with Crippen LogP contribution in [-0.4, -0.2) is 38.9 Å². The second kappa shape index (κ2) is 7.87. The number of carbonyl (C=O) groups is 1. The number of methoxy groups -OCH3 is 2. The van der Waals surface area contributed by atoms with Gasteiger partial charge in [-0.3, -0.25) is 4.79 Å². The second-order valence-electron chi connectivity index (χ2n) is 4.61. The molecule has 0 radical (unpaired) electrons. The molecule has 0 aliphatic heterocycles. The van der Waals surface area contributed by atoms with Crippen LogP contribution in [0.3, 0.4) is 0 Å². The summed E-state index contributed by atoms with van der Waals surface area (Å²) in [5.74, 6) is 0.584. The van der Waals surface area contributed by atoms with Crippen LogP contribution in [0.1, 0.15) is 20.3 Å². The Hall–Kier alpha value is -1.59. The van der Waals surface area contributed by atoms with Crippen molar-refractivity contribution >= 4 is 11.6 Å². The largest absolute Gasteiger partial charge is 0.491 e. The lowest BCUT2D eigenvalue weighted by Crippen LogP contribution is -2.41. The average Bonchev–Trinajstić information content (AvgIpc) is 2.48. The number of rotatable bonds is 8. The minimum Gasteiger partial charge on any atom is -0.491 e. The van der Waals surface area contributed by atoms with Crippen molar-refractivity contribution in [3.63, 3.8) is 0 Å². The monoisotopic (exact) mass is 281 g/mol. The third-order valence-electron chi connectivity index (χ3n) is 3.27. The highest BCUT2D eigenvalue weighted by Crippen LogP contribution is 2.20. The van der Waals surface area contributed by atoms with Crippen molar-refractivity contribution < 1.29 is 19.0 Å². The van der Waals surface area contributed by atoms with Crippen molar-refractivity contribution in [1.29, 1.82) is 0 Å². The lowest BCUT2D eigenvalue weighted by atomic mass is 10.0. The van der Waals surface area contributed by atoms with Crippen LogP contribution in [0.15, 0.2) is 24.3 Å². The van der Waals surface area contributed by atoms with Gasteiger partial charge in [-0.1, -0.05) is 6.92 Å². The molecule has 0 fully saturated rings. The van der Waals surface area contributed by atoms with Crippen LogP contribution in [0.25, 0.3) is 0 Å². The summed E-state index contributed by atoms with van der Waals surface area (Å²) in [5.41, 5.74) is -0.0981. The van der Waals surface area contributed by atoms with Crippen LogP contribution < -0.4 is 10.1 Å². The molecular weight excluding hydrogens is 258 g/mol. The van der Waals surface area contributed by atoms with Gasteiger partial charge in [0.15, 0.2) is 0 Å². The first-order valence-electron chi connectivity index (χ1n) is 6.64. The van der Waals surface area contributed by atoms with Crippen molar-refractivity contribution in [2.45, 2.75) is 25.9 Å². The maximum absolute atomic E-state index is 12.1. The SMILES string of the molecule is CC[C@@](C)(OC)C(=O)Nc1ccc(OCCOC)cc1. The molecule has 1 N–H and O–H groups in total. The van der Waals surface area contributed by atoms with Gasteiger partial charge in [0.2, 0.25) is 0 Å². The number of carbonyl (C=O) groups excluding carboxylic acids is 1. The molecule has 5 heteroatoms.